The minimum absolute atomic E-state index is 1.30. The zero-order valence-electron chi connectivity index (χ0n) is 12.9. The van der Waals surface area contributed by atoms with Gasteiger partial charge < -0.3 is 4.57 Å². The van der Waals surface area contributed by atoms with Gasteiger partial charge in [-0.1, -0.05) is 52.0 Å². The van der Waals surface area contributed by atoms with E-state index in [1.807, 2.05) is 27.7 Å². The Hall–Kier alpha value is -1.50. The number of hydrogen-bond acceptors (Lipinski definition) is 0. The fourth-order valence-corrected chi connectivity index (χ4v) is 2.00. The molecule has 1 aromatic heterocycles. The summed E-state index contributed by atoms with van der Waals surface area (Å²) in [6.07, 6.45) is 4.25. The summed E-state index contributed by atoms with van der Waals surface area (Å²) in [6, 6.07) is 8.52. The quantitative estimate of drug-likeness (QED) is 0.618. The first-order chi connectivity index (χ1) is 8.75. The van der Waals surface area contributed by atoms with E-state index < -0.39 is 0 Å². The van der Waals surface area contributed by atoms with Crippen LogP contribution in [0.1, 0.15) is 45.9 Å². The summed E-state index contributed by atoms with van der Waals surface area (Å²) < 4.78 is 2.24. The molecule has 0 unspecified atom stereocenters. The van der Waals surface area contributed by atoms with Crippen molar-refractivity contribution in [1.82, 2.24) is 4.57 Å². The summed E-state index contributed by atoms with van der Waals surface area (Å²) in [5.41, 5.74) is 3.97. The zero-order valence-corrected chi connectivity index (χ0v) is 12.9. The summed E-state index contributed by atoms with van der Waals surface area (Å²) in [6.45, 7) is 12.2. The monoisotopic (exact) mass is 245 g/mol. The standard InChI is InChI=1S/C13H15N.2C2H6/c1-4-7-12-10(2)11-8-5-6-9-13(11)14(12)3;2*1-2/h4-9H,1-3H3;2*1-2H3/b7-4-;;. The summed E-state index contributed by atoms with van der Waals surface area (Å²) in [4.78, 5) is 0. The molecule has 0 aliphatic heterocycles. The molecule has 0 fully saturated rings. The molecule has 18 heavy (non-hydrogen) atoms. The normalized spacial score (nSPS) is 9.72. The molecule has 0 radical (unpaired) electrons. The van der Waals surface area contributed by atoms with Gasteiger partial charge >= 0.3 is 0 Å². The Bertz CT molecular complexity index is 451. The van der Waals surface area contributed by atoms with Crippen molar-refractivity contribution in [2.75, 3.05) is 0 Å². The van der Waals surface area contributed by atoms with E-state index in [9.17, 15) is 0 Å². The number of fused-ring (bicyclic) bond motifs is 1. The highest BCUT2D eigenvalue weighted by Gasteiger charge is 2.07. The fourth-order valence-electron chi connectivity index (χ4n) is 2.00. The van der Waals surface area contributed by atoms with Crippen molar-refractivity contribution in [3.8, 4) is 0 Å². The summed E-state index contributed by atoms with van der Waals surface area (Å²) in [5, 5.41) is 1.35. The first kappa shape index (κ1) is 16.5. The minimum Gasteiger partial charge on any atom is -0.344 e. The molecule has 0 N–H and O–H groups in total. The highest BCUT2D eigenvalue weighted by molar-refractivity contribution is 5.87. The van der Waals surface area contributed by atoms with Crippen molar-refractivity contribution in [2.24, 2.45) is 7.05 Å². The highest BCUT2D eigenvalue weighted by atomic mass is 14.9. The lowest BCUT2D eigenvalue weighted by Crippen LogP contribution is -1.90. The van der Waals surface area contributed by atoms with Gasteiger partial charge in [0.1, 0.15) is 0 Å². The van der Waals surface area contributed by atoms with E-state index in [0.29, 0.717) is 0 Å². The topological polar surface area (TPSA) is 4.93 Å². The van der Waals surface area contributed by atoms with E-state index in [1.165, 1.54) is 22.2 Å². The van der Waals surface area contributed by atoms with Crippen molar-refractivity contribution < 1.29 is 0 Å². The maximum Gasteiger partial charge on any atom is 0.0485 e. The van der Waals surface area contributed by atoms with Crippen LogP contribution < -0.4 is 0 Å². The number of para-hydroxylation sites is 1. The van der Waals surface area contributed by atoms with Gasteiger partial charge in [0.05, 0.1) is 0 Å². The van der Waals surface area contributed by atoms with E-state index >= 15 is 0 Å². The van der Waals surface area contributed by atoms with E-state index in [2.05, 4.69) is 61.9 Å². The Kier molecular flexibility index (Phi) is 7.86. The molecule has 0 spiro atoms. The molecule has 0 atom stereocenters. The number of hydrogen-bond donors (Lipinski definition) is 0. The molecule has 1 aromatic carbocycles. The van der Waals surface area contributed by atoms with Crippen LogP contribution in [0.5, 0.6) is 0 Å². The summed E-state index contributed by atoms with van der Waals surface area (Å²) in [5.74, 6) is 0. The van der Waals surface area contributed by atoms with Gasteiger partial charge in [0, 0.05) is 23.6 Å². The van der Waals surface area contributed by atoms with Gasteiger partial charge in [0.2, 0.25) is 0 Å². The number of aryl methyl sites for hydroxylation is 2. The van der Waals surface area contributed by atoms with Crippen LogP contribution in [0.3, 0.4) is 0 Å². The highest BCUT2D eigenvalue weighted by Crippen LogP contribution is 2.24. The zero-order chi connectivity index (χ0) is 14.1. The molecule has 0 saturated carbocycles. The Morgan fingerprint density at radius 2 is 1.56 bits per heavy atom. The second kappa shape index (κ2) is 8.57. The number of aromatic nitrogens is 1. The van der Waals surface area contributed by atoms with Crippen LogP contribution in [0, 0.1) is 6.92 Å². The maximum absolute atomic E-state index is 2.24. The molecule has 0 saturated heterocycles. The van der Waals surface area contributed by atoms with Crippen LogP contribution in [0.25, 0.3) is 17.0 Å². The average Bonchev–Trinajstić information content (AvgIpc) is 2.69. The van der Waals surface area contributed by atoms with Crippen molar-refractivity contribution in [3.63, 3.8) is 0 Å². The van der Waals surface area contributed by atoms with Gasteiger partial charge in [0.25, 0.3) is 0 Å². The Morgan fingerprint density at radius 1 is 1.00 bits per heavy atom. The van der Waals surface area contributed by atoms with E-state index in [4.69, 9.17) is 0 Å². The smallest absolute Gasteiger partial charge is 0.0485 e. The summed E-state index contributed by atoms with van der Waals surface area (Å²) in [7, 11) is 2.12. The van der Waals surface area contributed by atoms with Crippen LogP contribution in [0.4, 0.5) is 0 Å². The van der Waals surface area contributed by atoms with Gasteiger partial charge in [0.15, 0.2) is 0 Å². The predicted molar refractivity (Wildman–Crippen MR) is 85.1 cm³/mol. The average molecular weight is 245 g/mol. The molecular formula is C17H27N. The molecular weight excluding hydrogens is 218 g/mol. The van der Waals surface area contributed by atoms with Crippen LogP contribution >= 0.6 is 0 Å². The second-order valence-electron chi connectivity index (χ2n) is 3.59. The lowest BCUT2D eigenvalue weighted by Gasteiger charge is -1.98. The van der Waals surface area contributed by atoms with Crippen LogP contribution in [-0.2, 0) is 7.05 Å². The van der Waals surface area contributed by atoms with Crippen molar-refractivity contribution >= 4 is 17.0 Å². The second-order valence-corrected chi connectivity index (χ2v) is 3.59. The predicted octanol–water partition coefficient (Wildman–Crippen LogP) is 5.57. The van der Waals surface area contributed by atoms with Crippen molar-refractivity contribution in [2.45, 2.75) is 41.5 Å². The molecule has 2 aromatic rings. The molecule has 100 valence electrons. The van der Waals surface area contributed by atoms with Crippen LogP contribution in [0.15, 0.2) is 30.3 Å². The van der Waals surface area contributed by atoms with E-state index in [-0.39, 0.29) is 0 Å². The van der Waals surface area contributed by atoms with Gasteiger partial charge in [-0.3, -0.25) is 0 Å². The fraction of sp³-hybridized carbons (Fsp3) is 0.412. The Balaban J connectivity index is 0.000000659. The number of benzene rings is 1. The van der Waals surface area contributed by atoms with Gasteiger partial charge in [-0.05, 0) is 31.6 Å². The third kappa shape index (κ3) is 3.25. The molecule has 1 heterocycles. The SMILES string of the molecule is C/C=C\c1c(C)c2ccccc2n1C.CC.CC. The minimum atomic E-state index is 1.30. The first-order valence-electron chi connectivity index (χ1n) is 6.92. The van der Waals surface area contributed by atoms with Crippen molar-refractivity contribution in [1.29, 1.82) is 0 Å². The third-order valence-corrected chi connectivity index (χ3v) is 2.74. The molecule has 2 rings (SSSR count). The molecule has 1 nitrogen and oxygen atoms in total. The Morgan fingerprint density at radius 3 is 2.06 bits per heavy atom. The number of rotatable bonds is 1. The van der Waals surface area contributed by atoms with Crippen LogP contribution in [-0.4, -0.2) is 4.57 Å². The molecule has 0 bridgehead atoms. The van der Waals surface area contributed by atoms with E-state index in [1.54, 1.807) is 0 Å². The van der Waals surface area contributed by atoms with Crippen LogP contribution in [0.2, 0.25) is 0 Å². The molecule has 0 aliphatic carbocycles. The van der Waals surface area contributed by atoms with Gasteiger partial charge in [-0.25, -0.2) is 0 Å². The lowest BCUT2D eigenvalue weighted by molar-refractivity contribution is 0.948. The molecule has 0 aliphatic rings. The van der Waals surface area contributed by atoms with Gasteiger partial charge in [-0.2, -0.15) is 0 Å². The molecule has 1 heteroatoms. The molecule has 0 amide bonds. The maximum atomic E-state index is 2.24. The third-order valence-electron chi connectivity index (χ3n) is 2.74. The largest absolute Gasteiger partial charge is 0.344 e. The van der Waals surface area contributed by atoms with E-state index in [0.717, 1.165) is 0 Å². The lowest BCUT2D eigenvalue weighted by atomic mass is 10.1. The van der Waals surface area contributed by atoms with Gasteiger partial charge in [-0.15, -0.1) is 0 Å². The number of allylic oxidation sites excluding steroid dienone is 1. The summed E-state index contributed by atoms with van der Waals surface area (Å²) >= 11 is 0. The Labute approximate surface area is 112 Å². The van der Waals surface area contributed by atoms with Crippen molar-refractivity contribution in [3.05, 3.63) is 41.6 Å². The number of nitrogens with zero attached hydrogens (tertiary/aromatic N) is 1. The first-order valence-corrected chi connectivity index (χ1v) is 6.92.